The standard InChI is InChI=1S/C34H30N12S/c1-3-4-7-27-26(19-36)33(46(45-27)34-41-28-8-5-6-9-29(28)47-34)44-43-30-20(2)25(18-35)31(39-23-14-10-21(37)11-15-23)42-32(30)40-24-16-12-22(38)13-17-24/h5-6,8-17H,3-4,7,37-38H2,1-2H3,(H2,39,40,42). The van der Waals surface area contributed by atoms with Crippen LogP contribution < -0.4 is 22.1 Å². The van der Waals surface area contributed by atoms with Gasteiger partial charge in [0.2, 0.25) is 5.13 Å². The molecule has 0 spiro atoms. The summed E-state index contributed by atoms with van der Waals surface area (Å²) < 4.78 is 2.56. The minimum absolute atomic E-state index is 0.248. The van der Waals surface area contributed by atoms with Crippen molar-refractivity contribution in [1.29, 1.82) is 10.5 Å². The molecule has 0 amide bonds. The number of para-hydroxylation sites is 1. The molecule has 0 saturated carbocycles. The van der Waals surface area contributed by atoms with E-state index in [1.165, 1.54) is 11.3 Å². The van der Waals surface area contributed by atoms with Crippen molar-refractivity contribution in [3.8, 4) is 17.3 Å². The average molecular weight is 639 g/mol. The predicted molar refractivity (Wildman–Crippen MR) is 186 cm³/mol. The Balaban J connectivity index is 1.50. The second-order valence-electron chi connectivity index (χ2n) is 10.7. The first-order valence-corrected chi connectivity index (χ1v) is 15.7. The summed E-state index contributed by atoms with van der Waals surface area (Å²) in [7, 11) is 0. The topological polar surface area (TPSA) is 192 Å². The number of nitrogen functional groups attached to an aromatic ring is 2. The van der Waals surface area contributed by atoms with Crippen molar-refractivity contribution >= 4 is 67.4 Å². The van der Waals surface area contributed by atoms with Gasteiger partial charge in [0.15, 0.2) is 17.5 Å². The highest BCUT2D eigenvalue weighted by Crippen LogP contribution is 2.39. The highest BCUT2D eigenvalue weighted by Gasteiger charge is 2.23. The number of nitrogens with one attached hydrogen (secondary N) is 2. The van der Waals surface area contributed by atoms with Crippen LogP contribution in [0.1, 0.15) is 42.1 Å². The number of hydrogen-bond donors (Lipinski definition) is 4. The molecule has 13 heteroatoms. The van der Waals surface area contributed by atoms with Crippen molar-refractivity contribution in [2.75, 3.05) is 22.1 Å². The number of fused-ring (bicyclic) bond motifs is 1. The maximum atomic E-state index is 10.3. The van der Waals surface area contributed by atoms with E-state index in [0.29, 0.717) is 68.4 Å². The van der Waals surface area contributed by atoms with Gasteiger partial charge in [0.25, 0.3) is 0 Å². The molecule has 0 aliphatic carbocycles. The molecular formula is C34H30N12S. The molecule has 0 aliphatic heterocycles. The Kier molecular flexibility index (Phi) is 8.73. The van der Waals surface area contributed by atoms with Crippen LogP contribution in [0, 0.1) is 29.6 Å². The number of pyridine rings is 1. The summed E-state index contributed by atoms with van der Waals surface area (Å²) >= 11 is 1.45. The van der Waals surface area contributed by atoms with E-state index in [0.717, 1.165) is 23.1 Å². The van der Waals surface area contributed by atoms with E-state index in [-0.39, 0.29) is 11.4 Å². The van der Waals surface area contributed by atoms with Gasteiger partial charge < -0.3 is 22.1 Å². The predicted octanol–water partition coefficient (Wildman–Crippen LogP) is 8.34. The number of aryl methyl sites for hydroxylation is 1. The minimum atomic E-state index is 0.248. The maximum Gasteiger partial charge on any atom is 0.213 e. The third kappa shape index (κ3) is 6.42. The molecule has 6 rings (SSSR count). The van der Waals surface area contributed by atoms with E-state index in [1.54, 1.807) is 48.0 Å². The fraction of sp³-hybridized carbons (Fsp3) is 0.147. The molecule has 6 aromatic rings. The number of nitrogens with zero attached hydrogens (tertiary/aromatic N) is 8. The van der Waals surface area contributed by atoms with E-state index in [4.69, 9.17) is 26.5 Å². The van der Waals surface area contributed by atoms with E-state index in [1.807, 2.05) is 36.4 Å². The number of nitriles is 2. The lowest BCUT2D eigenvalue weighted by Crippen LogP contribution is -2.04. The van der Waals surface area contributed by atoms with Gasteiger partial charge in [0.1, 0.15) is 23.4 Å². The monoisotopic (exact) mass is 638 g/mol. The number of azo groups is 1. The normalized spacial score (nSPS) is 11.1. The number of benzene rings is 3. The highest BCUT2D eigenvalue weighted by atomic mass is 32.1. The molecule has 3 aromatic heterocycles. The zero-order chi connectivity index (χ0) is 32.9. The number of hydrogen-bond acceptors (Lipinski definition) is 12. The Bertz CT molecular complexity index is 2150. The molecule has 0 saturated heterocycles. The van der Waals surface area contributed by atoms with Crippen LogP contribution in [0.5, 0.6) is 0 Å². The van der Waals surface area contributed by atoms with Crippen molar-refractivity contribution in [2.45, 2.75) is 33.1 Å². The zero-order valence-electron chi connectivity index (χ0n) is 25.7. The Morgan fingerprint density at radius 1 is 0.830 bits per heavy atom. The van der Waals surface area contributed by atoms with Crippen LogP contribution in [-0.2, 0) is 6.42 Å². The summed E-state index contributed by atoms with van der Waals surface area (Å²) in [4.78, 5) is 9.55. The zero-order valence-corrected chi connectivity index (χ0v) is 26.5. The van der Waals surface area contributed by atoms with Gasteiger partial charge >= 0.3 is 0 Å². The Morgan fingerprint density at radius 3 is 2.09 bits per heavy atom. The molecule has 3 aromatic carbocycles. The second kappa shape index (κ2) is 13.4. The number of thiazole rings is 1. The number of nitrogens with two attached hydrogens (primary N) is 2. The number of unbranched alkanes of at least 4 members (excludes halogenated alkanes) is 1. The first-order valence-electron chi connectivity index (χ1n) is 14.9. The van der Waals surface area contributed by atoms with E-state index in [2.05, 4.69) is 39.9 Å². The Hall–Kier alpha value is -6.31. The van der Waals surface area contributed by atoms with Crippen LogP contribution in [0.25, 0.3) is 15.3 Å². The fourth-order valence-corrected chi connectivity index (χ4v) is 5.82. The number of rotatable bonds is 10. The third-order valence-corrected chi connectivity index (χ3v) is 8.41. The van der Waals surface area contributed by atoms with E-state index in [9.17, 15) is 10.5 Å². The first-order chi connectivity index (χ1) is 22.9. The molecule has 0 radical (unpaired) electrons. The van der Waals surface area contributed by atoms with Gasteiger partial charge in [0, 0.05) is 28.3 Å². The minimum Gasteiger partial charge on any atom is -0.399 e. The van der Waals surface area contributed by atoms with Crippen molar-refractivity contribution in [1.82, 2.24) is 19.7 Å². The molecule has 3 heterocycles. The number of anilines is 6. The SMILES string of the molecule is CCCCc1nn(-c2nc3ccccc3s2)c(N=Nc2c(Nc3ccc(N)cc3)nc(Nc3ccc(N)cc3)c(C#N)c2C)c1C#N. The van der Waals surface area contributed by atoms with Gasteiger partial charge in [0.05, 0.1) is 21.5 Å². The fourth-order valence-electron chi connectivity index (χ4n) is 4.90. The molecule has 232 valence electrons. The van der Waals surface area contributed by atoms with Gasteiger partial charge in [-0.15, -0.1) is 10.2 Å². The summed E-state index contributed by atoms with van der Waals surface area (Å²) in [5.74, 6) is 0.910. The Labute approximate surface area is 275 Å². The summed E-state index contributed by atoms with van der Waals surface area (Å²) in [5, 5.41) is 41.7. The summed E-state index contributed by atoms with van der Waals surface area (Å²) in [6.45, 7) is 3.86. The van der Waals surface area contributed by atoms with Crippen molar-refractivity contribution in [3.05, 3.63) is 95.2 Å². The molecule has 0 aliphatic rings. The van der Waals surface area contributed by atoms with Crippen LogP contribution in [-0.4, -0.2) is 19.7 Å². The molecule has 6 N–H and O–H groups in total. The molecule has 0 unspecified atom stereocenters. The first kappa shape index (κ1) is 30.7. The van der Waals surface area contributed by atoms with Gasteiger partial charge in [-0.2, -0.15) is 20.3 Å². The molecule has 0 atom stereocenters. The molecule has 0 bridgehead atoms. The molecule has 12 nitrogen and oxygen atoms in total. The van der Waals surface area contributed by atoms with Crippen molar-refractivity contribution < 1.29 is 0 Å². The lowest BCUT2D eigenvalue weighted by atomic mass is 10.1. The summed E-state index contributed by atoms with van der Waals surface area (Å²) in [5.41, 5.74) is 17.3. The lowest BCUT2D eigenvalue weighted by molar-refractivity contribution is 0.750. The van der Waals surface area contributed by atoms with E-state index >= 15 is 0 Å². The summed E-state index contributed by atoms with van der Waals surface area (Å²) in [6.07, 6.45) is 2.40. The highest BCUT2D eigenvalue weighted by molar-refractivity contribution is 7.20. The van der Waals surface area contributed by atoms with Gasteiger partial charge in [-0.1, -0.05) is 36.8 Å². The van der Waals surface area contributed by atoms with Crippen LogP contribution in [0.15, 0.2) is 83.0 Å². The second-order valence-corrected chi connectivity index (χ2v) is 11.7. The Morgan fingerprint density at radius 2 is 1.47 bits per heavy atom. The maximum absolute atomic E-state index is 10.3. The summed E-state index contributed by atoms with van der Waals surface area (Å²) in [6, 6.07) is 26.6. The van der Waals surface area contributed by atoms with E-state index < -0.39 is 0 Å². The van der Waals surface area contributed by atoms with Crippen LogP contribution >= 0.6 is 11.3 Å². The van der Waals surface area contributed by atoms with Crippen molar-refractivity contribution in [3.63, 3.8) is 0 Å². The van der Waals surface area contributed by atoms with Crippen molar-refractivity contribution in [2.24, 2.45) is 10.2 Å². The van der Waals surface area contributed by atoms with Gasteiger partial charge in [-0.25, -0.2) is 9.97 Å². The van der Waals surface area contributed by atoms with Crippen LogP contribution in [0.2, 0.25) is 0 Å². The lowest BCUT2D eigenvalue weighted by Gasteiger charge is -2.16. The van der Waals surface area contributed by atoms with Gasteiger partial charge in [-0.3, -0.25) is 0 Å². The molecule has 0 fully saturated rings. The smallest absolute Gasteiger partial charge is 0.213 e. The van der Waals surface area contributed by atoms with Crippen LogP contribution in [0.4, 0.5) is 45.9 Å². The van der Waals surface area contributed by atoms with Crippen LogP contribution in [0.3, 0.4) is 0 Å². The quantitative estimate of drug-likeness (QED) is 0.0843. The molecular weight excluding hydrogens is 609 g/mol. The van der Waals surface area contributed by atoms with Gasteiger partial charge in [-0.05, 0) is 80.4 Å². The molecule has 47 heavy (non-hydrogen) atoms. The average Bonchev–Trinajstić information content (AvgIpc) is 3.66. The number of aromatic nitrogens is 4. The largest absolute Gasteiger partial charge is 0.399 e. The third-order valence-electron chi connectivity index (χ3n) is 7.39.